The lowest BCUT2D eigenvalue weighted by molar-refractivity contribution is 0.102. The largest absolute Gasteiger partial charge is 0.334 e. The molecule has 0 atom stereocenters. The van der Waals surface area contributed by atoms with Gasteiger partial charge in [-0.3, -0.25) is 4.79 Å². The van der Waals surface area contributed by atoms with Crippen molar-refractivity contribution in [2.24, 2.45) is 0 Å². The van der Waals surface area contributed by atoms with Crippen molar-refractivity contribution < 1.29 is 9.59 Å². The number of carbonyl (C=O) groups is 2. The third-order valence-corrected chi connectivity index (χ3v) is 3.73. The van der Waals surface area contributed by atoms with Crippen LogP contribution in [0.2, 0.25) is 0 Å². The molecule has 0 aliphatic rings. The van der Waals surface area contributed by atoms with Crippen LogP contribution >= 0.6 is 0 Å². The van der Waals surface area contributed by atoms with Gasteiger partial charge in [-0.05, 0) is 42.0 Å². The summed E-state index contributed by atoms with van der Waals surface area (Å²) in [4.78, 5) is 24.1. The van der Waals surface area contributed by atoms with Gasteiger partial charge in [0.15, 0.2) is 0 Å². The summed E-state index contributed by atoms with van der Waals surface area (Å²) in [6, 6.07) is 25.4. The molecule has 0 spiro atoms. The Balaban J connectivity index is 1.52. The fourth-order valence-electron chi connectivity index (χ4n) is 2.38. The van der Waals surface area contributed by atoms with E-state index < -0.39 is 0 Å². The van der Waals surface area contributed by atoms with Crippen LogP contribution in [0.25, 0.3) is 0 Å². The van der Waals surface area contributed by atoms with Crippen LogP contribution in [0.15, 0.2) is 84.9 Å². The van der Waals surface area contributed by atoms with E-state index in [0.29, 0.717) is 17.8 Å². The number of anilines is 2. The molecule has 0 aliphatic carbocycles. The maximum absolute atomic E-state index is 12.2. The molecule has 5 heteroatoms. The molecule has 0 aliphatic heterocycles. The van der Waals surface area contributed by atoms with Crippen LogP contribution in [-0.4, -0.2) is 11.9 Å². The minimum Gasteiger partial charge on any atom is -0.334 e. The topological polar surface area (TPSA) is 70.2 Å². The first-order valence-corrected chi connectivity index (χ1v) is 8.26. The standard InChI is InChI=1S/C21H19N3O2/c25-20(23-18-9-5-2-6-10-18)17-11-13-19(14-12-17)24-21(26)22-15-16-7-3-1-4-8-16/h1-14H,15H2,(H,23,25)(H2,22,24,26). The summed E-state index contributed by atoms with van der Waals surface area (Å²) in [5, 5.41) is 8.35. The predicted molar refractivity (Wildman–Crippen MR) is 103 cm³/mol. The lowest BCUT2D eigenvalue weighted by atomic mass is 10.2. The smallest absolute Gasteiger partial charge is 0.319 e. The van der Waals surface area contributed by atoms with Crippen molar-refractivity contribution in [3.63, 3.8) is 0 Å². The van der Waals surface area contributed by atoms with Crippen LogP contribution in [-0.2, 0) is 6.54 Å². The first kappa shape index (κ1) is 17.2. The van der Waals surface area contributed by atoms with E-state index in [9.17, 15) is 9.59 Å². The van der Waals surface area contributed by atoms with E-state index in [1.54, 1.807) is 24.3 Å². The molecule has 3 rings (SSSR count). The summed E-state index contributed by atoms with van der Waals surface area (Å²) >= 11 is 0. The van der Waals surface area contributed by atoms with Gasteiger partial charge >= 0.3 is 6.03 Å². The molecule has 0 unspecified atom stereocenters. The number of nitrogens with one attached hydrogen (secondary N) is 3. The summed E-state index contributed by atoms with van der Waals surface area (Å²) < 4.78 is 0. The highest BCUT2D eigenvalue weighted by Gasteiger charge is 2.07. The molecule has 0 saturated heterocycles. The summed E-state index contributed by atoms with van der Waals surface area (Å²) in [5.74, 6) is -0.198. The van der Waals surface area contributed by atoms with E-state index in [1.165, 1.54) is 0 Å². The molecule has 3 aromatic rings. The molecule has 0 fully saturated rings. The summed E-state index contributed by atoms with van der Waals surface area (Å²) in [6.45, 7) is 0.449. The van der Waals surface area contributed by atoms with E-state index in [1.807, 2.05) is 60.7 Å². The molecule has 3 amide bonds. The van der Waals surface area contributed by atoms with E-state index in [2.05, 4.69) is 16.0 Å². The van der Waals surface area contributed by atoms with Gasteiger partial charge < -0.3 is 16.0 Å². The zero-order valence-electron chi connectivity index (χ0n) is 14.1. The van der Waals surface area contributed by atoms with Gasteiger partial charge in [-0.2, -0.15) is 0 Å². The molecule has 3 N–H and O–H groups in total. The Morgan fingerprint density at radius 2 is 1.23 bits per heavy atom. The third-order valence-electron chi connectivity index (χ3n) is 3.73. The second-order valence-corrected chi connectivity index (χ2v) is 5.69. The molecule has 3 aromatic carbocycles. The number of benzene rings is 3. The third kappa shape index (κ3) is 4.95. The maximum atomic E-state index is 12.2. The highest BCUT2D eigenvalue weighted by Crippen LogP contribution is 2.12. The molecule has 0 saturated carbocycles. The van der Waals surface area contributed by atoms with Crippen molar-refractivity contribution in [2.75, 3.05) is 10.6 Å². The minimum atomic E-state index is -0.296. The Morgan fingerprint density at radius 3 is 1.88 bits per heavy atom. The fraction of sp³-hybridized carbons (Fsp3) is 0.0476. The van der Waals surface area contributed by atoms with Crippen LogP contribution in [0, 0.1) is 0 Å². The van der Waals surface area contributed by atoms with Crippen LogP contribution in [0.1, 0.15) is 15.9 Å². The lowest BCUT2D eigenvalue weighted by Gasteiger charge is -2.09. The van der Waals surface area contributed by atoms with Crippen LogP contribution < -0.4 is 16.0 Å². The Bertz CT molecular complexity index is 863. The molecular weight excluding hydrogens is 326 g/mol. The van der Waals surface area contributed by atoms with Gasteiger partial charge in [-0.1, -0.05) is 48.5 Å². The number of urea groups is 1. The average molecular weight is 345 g/mol. The van der Waals surface area contributed by atoms with Crippen molar-refractivity contribution in [2.45, 2.75) is 6.54 Å². The highest BCUT2D eigenvalue weighted by molar-refractivity contribution is 6.04. The normalized spacial score (nSPS) is 10.0. The van der Waals surface area contributed by atoms with Crippen LogP contribution in [0.4, 0.5) is 16.2 Å². The molecule has 5 nitrogen and oxygen atoms in total. The average Bonchev–Trinajstić information content (AvgIpc) is 2.68. The zero-order valence-corrected chi connectivity index (χ0v) is 14.1. The number of hydrogen-bond acceptors (Lipinski definition) is 2. The van der Waals surface area contributed by atoms with Gasteiger partial charge in [-0.25, -0.2) is 4.79 Å². The van der Waals surface area contributed by atoms with Gasteiger partial charge in [-0.15, -0.1) is 0 Å². The van der Waals surface area contributed by atoms with E-state index >= 15 is 0 Å². The molecule has 0 radical (unpaired) electrons. The SMILES string of the molecule is O=C(NCc1ccccc1)Nc1ccc(C(=O)Nc2ccccc2)cc1. The first-order valence-electron chi connectivity index (χ1n) is 8.26. The summed E-state index contributed by atoms with van der Waals surface area (Å²) in [6.07, 6.45) is 0. The fourth-order valence-corrected chi connectivity index (χ4v) is 2.38. The van der Waals surface area contributed by atoms with E-state index in [4.69, 9.17) is 0 Å². The molecule has 26 heavy (non-hydrogen) atoms. The van der Waals surface area contributed by atoms with Crippen molar-refractivity contribution in [1.29, 1.82) is 0 Å². The second-order valence-electron chi connectivity index (χ2n) is 5.69. The highest BCUT2D eigenvalue weighted by atomic mass is 16.2. The minimum absolute atomic E-state index is 0.198. The predicted octanol–water partition coefficient (Wildman–Crippen LogP) is 4.26. The van der Waals surface area contributed by atoms with Gasteiger partial charge in [0.25, 0.3) is 5.91 Å². The lowest BCUT2D eigenvalue weighted by Crippen LogP contribution is -2.28. The van der Waals surface area contributed by atoms with E-state index in [-0.39, 0.29) is 11.9 Å². The Labute approximate surface area is 152 Å². The number of rotatable bonds is 5. The van der Waals surface area contributed by atoms with Gasteiger partial charge in [0.1, 0.15) is 0 Å². The zero-order chi connectivity index (χ0) is 18.2. The maximum Gasteiger partial charge on any atom is 0.319 e. The quantitative estimate of drug-likeness (QED) is 0.646. The van der Waals surface area contributed by atoms with Crippen molar-refractivity contribution in [3.8, 4) is 0 Å². The van der Waals surface area contributed by atoms with Gasteiger partial charge in [0.2, 0.25) is 0 Å². The monoisotopic (exact) mass is 345 g/mol. The number of hydrogen-bond donors (Lipinski definition) is 3. The molecule has 130 valence electrons. The molecule has 0 aromatic heterocycles. The van der Waals surface area contributed by atoms with Crippen LogP contribution in [0.3, 0.4) is 0 Å². The first-order chi connectivity index (χ1) is 12.7. The van der Waals surface area contributed by atoms with Crippen molar-refractivity contribution in [1.82, 2.24) is 5.32 Å². The number of amides is 3. The summed E-state index contributed by atoms with van der Waals surface area (Å²) in [7, 11) is 0. The molecular formula is C21H19N3O2. The Morgan fingerprint density at radius 1 is 0.654 bits per heavy atom. The molecule has 0 bridgehead atoms. The van der Waals surface area contributed by atoms with Gasteiger partial charge in [0.05, 0.1) is 0 Å². The number of carbonyl (C=O) groups excluding carboxylic acids is 2. The summed E-state index contributed by atoms with van der Waals surface area (Å²) in [5.41, 5.74) is 2.89. The Hall–Kier alpha value is -3.60. The second kappa shape index (κ2) is 8.48. The Kier molecular flexibility index (Phi) is 5.62. The van der Waals surface area contributed by atoms with Gasteiger partial charge in [0, 0.05) is 23.5 Å². The molecule has 0 heterocycles. The van der Waals surface area contributed by atoms with Crippen molar-refractivity contribution in [3.05, 3.63) is 96.1 Å². The van der Waals surface area contributed by atoms with Crippen molar-refractivity contribution >= 4 is 23.3 Å². The van der Waals surface area contributed by atoms with Crippen LogP contribution in [0.5, 0.6) is 0 Å². The number of para-hydroxylation sites is 1. The van der Waals surface area contributed by atoms with E-state index in [0.717, 1.165) is 11.3 Å².